The van der Waals surface area contributed by atoms with Crippen molar-refractivity contribution in [2.45, 2.75) is 4.90 Å². The zero-order valence-electron chi connectivity index (χ0n) is 12.7. The molecule has 0 radical (unpaired) electrons. The summed E-state index contributed by atoms with van der Waals surface area (Å²) in [5.74, 6) is 0.778. The number of hydrogen-bond donors (Lipinski definition) is 0. The van der Waals surface area contributed by atoms with Crippen LogP contribution in [-0.4, -0.2) is 29.7 Å². The molecule has 0 N–H and O–H groups in total. The average Bonchev–Trinajstić information content (AvgIpc) is 2.55. The fraction of sp³-hybridized carbons (Fsp3) is 0.200. The zero-order chi connectivity index (χ0) is 17.2. The molecule has 0 atom stereocenters. The van der Waals surface area contributed by atoms with Gasteiger partial charge >= 0.3 is 0 Å². The number of halogens is 2. The maximum atomic E-state index is 12.8. The van der Waals surface area contributed by atoms with E-state index in [0.29, 0.717) is 22.2 Å². The maximum absolute atomic E-state index is 12.8. The monoisotopic (exact) mass is 375 g/mol. The Labute approximate surface area is 145 Å². The number of benzene rings is 2. The van der Waals surface area contributed by atoms with Gasteiger partial charge in [-0.05, 0) is 30.3 Å². The van der Waals surface area contributed by atoms with Crippen molar-refractivity contribution in [2.24, 2.45) is 0 Å². The first-order valence-corrected chi connectivity index (χ1v) is 8.67. The van der Waals surface area contributed by atoms with Crippen molar-refractivity contribution in [2.75, 3.05) is 25.6 Å². The molecule has 0 unspecified atom stereocenters. The van der Waals surface area contributed by atoms with Crippen LogP contribution in [-0.2, 0) is 10.0 Å². The third kappa shape index (κ3) is 3.49. The Morgan fingerprint density at radius 1 is 0.913 bits per heavy atom. The molecule has 2 aromatic carbocycles. The van der Waals surface area contributed by atoms with Crippen LogP contribution < -0.4 is 13.8 Å². The smallest absolute Gasteiger partial charge is 0.264 e. The lowest BCUT2D eigenvalue weighted by Gasteiger charge is -2.20. The minimum Gasteiger partial charge on any atom is -0.493 e. The van der Waals surface area contributed by atoms with Crippen LogP contribution >= 0.6 is 23.2 Å². The van der Waals surface area contributed by atoms with Crippen molar-refractivity contribution in [1.29, 1.82) is 0 Å². The van der Waals surface area contributed by atoms with Gasteiger partial charge < -0.3 is 9.47 Å². The minimum absolute atomic E-state index is 0.0729. The van der Waals surface area contributed by atoms with Gasteiger partial charge in [0.15, 0.2) is 11.5 Å². The highest BCUT2D eigenvalue weighted by Gasteiger charge is 2.23. The Morgan fingerprint density at radius 2 is 1.57 bits per heavy atom. The summed E-state index contributed by atoms with van der Waals surface area (Å²) in [6.07, 6.45) is 0. The molecule has 0 bridgehead atoms. The molecule has 0 aliphatic heterocycles. The highest BCUT2D eigenvalue weighted by Crippen LogP contribution is 2.33. The quantitative estimate of drug-likeness (QED) is 0.796. The van der Waals surface area contributed by atoms with Gasteiger partial charge in [-0.25, -0.2) is 8.42 Å². The van der Waals surface area contributed by atoms with Crippen molar-refractivity contribution in [3.63, 3.8) is 0 Å². The Hall–Kier alpha value is -1.63. The third-order valence-electron chi connectivity index (χ3n) is 3.28. The van der Waals surface area contributed by atoms with Crippen LogP contribution in [0.1, 0.15) is 0 Å². The number of hydrogen-bond acceptors (Lipinski definition) is 4. The lowest BCUT2D eigenvalue weighted by Crippen LogP contribution is -2.26. The van der Waals surface area contributed by atoms with E-state index in [4.69, 9.17) is 32.7 Å². The number of anilines is 1. The van der Waals surface area contributed by atoms with Gasteiger partial charge in [0, 0.05) is 13.1 Å². The predicted octanol–water partition coefficient (Wildman–Crippen LogP) is 3.84. The van der Waals surface area contributed by atoms with Gasteiger partial charge in [0.05, 0.1) is 34.8 Å². The molecular weight excluding hydrogens is 361 g/mol. The normalized spacial score (nSPS) is 11.2. The van der Waals surface area contributed by atoms with Crippen molar-refractivity contribution < 1.29 is 17.9 Å². The number of methoxy groups -OCH3 is 2. The first-order chi connectivity index (χ1) is 10.8. The van der Waals surface area contributed by atoms with Gasteiger partial charge in [-0.15, -0.1) is 0 Å². The second-order valence-electron chi connectivity index (χ2n) is 4.59. The molecule has 0 fully saturated rings. The van der Waals surface area contributed by atoms with Crippen LogP contribution in [0.3, 0.4) is 0 Å². The molecular formula is C15H15Cl2NO4S. The molecule has 0 saturated heterocycles. The Balaban J connectivity index is 2.46. The van der Waals surface area contributed by atoms with E-state index >= 15 is 0 Å². The molecule has 0 amide bonds. The zero-order valence-corrected chi connectivity index (χ0v) is 15.0. The molecule has 124 valence electrons. The lowest BCUT2D eigenvalue weighted by molar-refractivity contribution is 0.354. The molecule has 0 heterocycles. The van der Waals surface area contributed by atoms with E-state index in [0.717, 1.165) is 4.31 Å². The van der Waals surface area contributed by atoms with E-state index in [9.17, 15) is 8.42 Å². The van der Waals surface area contributed by atoms with E-state index in [2.05, 4.69) is 0 Å². The van der Waals surface area contributed by atoms with Gasteiger partial charge in [-0.2, -0.15) is 0 Å². The highest BCUT2D eigenvalue weighted by atomic mass is 35.5. The summed E-state index contributed by atoms with van der Waals surface area (Å²) in [4.78, 5) is 0.0729. The summed E-state index contributed by atoms with van der Waals surface area (Å²) in [6.45, 7) is 0. The van der Waals surface area contributed by atoms with Gasteiger partial charge in [-0.3, -0.25) is 4.31 Å². The molecule has 0 aromatic heterocycles. The van der Waals surface area contributed by atoms with Gasteiger partial charge in [0.1, 0.15) is 0 Å². The Bertz CT molecular complexity index is 824. The molecule has 0 aliphatic rings. The first-order valence-electron chi connectivity index (χ1n) is 6.47. The topological polar surface area (TPSA) is 55.8 Å². The highest BCUT2D eigenvalue weighted by molar-refractivity contribution is 7.92. The van der Waals surface area contributed by atoms with E-state index < -0.39 is 10.0 Å². The first kappa shape index (κ1) is 17.7. The standard InChI is InChI=1S/C15H15Cl2NO4S/c1-18(10-4-6-12(16)13(17)8-10)23(19,20)11-5-7-14(21-2)15(9-11)22-3/h4-9H,1-3H3. The van der Waals surface area contributed by atoms with Crippen LogP contribution in [0.5, 0.6) is 11.5 Å². The number of rotatable bonds is 5. The molecule has 2 rings (SSSR count). The largest absolute Gasteiger partial charge is 0.493 e. The van der Waals surface area contributed by atoms with Crippen LogP contribution in [0.15, 0.2) is 41.3 Å². The number of nitrogens with zero attached hydrogens (tertiary/aromatic N) is 1. The Morgan fingerprint density at radius 3 is 2.13 bits per heavy atom. The fourth-order valence-corrected chi connectivity index (χ4v) is 3.45. The second kappa shape index (κ2) is 6.86. The van der Waals surface area contributed by atoms with E-state index in [1.807, 2.05) is 0 Å². The van der Waals surface area contributed by atoms with Crippen molar-refractivity contribution in [3.8, 4) is 11.5 Å². The Kier molecular flexibility index (Phi) is 5.29. The average molecular weight is 376 g/mol. The molecule has 0 aliphatic carbocycles. The lowest BCUT2D eigenvalue weighted by atomic mass is 10.3. The van der Waals surface area contributed by atoms with Crippen LogP contribution in [0, 0.1) is 0 Å². The SMILES string of the molecule is COc1ccc(S(=O)(=O)N(C)c2ccc(Cl)c(Cl)c2)cc1OC. The van der Waals surface area contributed by atoms with Gasteiger partial charge in [0.25, 0.3) is 10.0 Å². The molecule has 5 nitrogen and oxygen atoms in total. The van der Waals surface area contributed by atoms with Crippen LogP contribution in [0.25, 0.3) is 0 Å². The summed E-state index contributed by atoms with van der Waals surface area (Å²) < 4.78 is 36.9. The summed E-state index contributed by atoms with van der Waals surface area (Å²) in [5.41, 5.74) is 0.397. The molecule has 2 aromatic rings. The molecule has 0 spiro atoms. The van der Waals surface area contributed by atoms with Crippen molar-refractivity contribution >= 4 is 38.9 Å². The van der Waals surface area contributed by atoms with Gasteiger partial charge in [-0.1, -0.05) is 23.2 Å². The summed E-state index contributed by atoms with van der Waals surface area (Å²) in [6, 6.07) is 9.00. The van der Waals surface area contributed by atoms with E-state index in [-0.39, 0.29) is 9.92 Å². The summed E-state index contributed by atoms with van der Waals surface area (Å²) >= 11 is 11.8. The van der Waals surface area contributed by atoms with Crippen molar-refractivity contribution in [3.05, 3.63) is 46.4 Å². The van der Waals surface area contributed by atoms with E-state index in [1.54, 1.807) is 12.1 Å². The summed E-state index contributed by atoms with van der Waals surface area (Å²) in [5, 5.41) is 0.630. The second-order valence-corrected chi connectivity index (χ2v) is 7.37. The number of sulfonamides is 1. The number of ether oxygens (including phenoxy) is 2. The van der Waals surface area contributed by atoms with Crippen molar-refractivity contribution in [1.82, 2.24) is 0 Å². The molecule has 8 heteroatoms. The fourth-order valence-electron chi connectivity index (χ4n) is 1.95. The molecule has 0 saturated carbocycles. The maximum Gasteiger partial charge on any atom is 0.264 e. The molecule has 23 heavy (non-hydrogen) atoms. The van der Waals surface area contributed by atoms with Gasteiger partial charge in [0.2, 0.25) is 0 Å². The third-order valence-corrected chi connectivity index (χ3v) is 5.80. The van der Waals surface area contributed by atoms with Crippen LogP contribution in [0.2, 0.25) is 10.0 Å². The predicted molar refractivity (Wildman–Crippen MR) is 91.6 cm³/mol. The summed E-state index contributed by atoms with van der Waals surface area (Å²) in [7, 11) is 0.574. The minimum atomic E-state index is -3.78. The van der Waals surface area contributed by atoms with E-state index in [1.165, 1.54) is 45.5 Å². The van der Waals surface area contributed by atoms with Crippen LogP contribution in [0.4, 0.5) is 5.69 Å².